The Labute approximate surface area is 132 Å². The van der Waals surface area contributed by atoms with Crippen LogP contribution in [0.2, 0.25) is 0 Å². The molecule has 3 rings (SSSR count). The van der Waals surface area contributed by atoms with E-state index in [0.29, 0.717) is 16.5 Å². The van der Waals surface area contributed by atoms with Gasteiger partial charge >= 0.3 is 0 Å². The molecule has 1 aromatic carbocycles. The van der Waals surface area contributed by atoms with Crippen molar-refractivity contribution < 1.29 is 4.79 Å². The van der Waals surface area contributed by atoms with Crippen molar-refractivity contribution in [3.8, 4) is 0 Å². The summed E-state index contributed by atoms with van der Waals surface area (Å²) < 4.78 is 0. The standard InChI is InChI=1S/C16H17N3O2S/c1-8-4-5-9(2)10(6-8)11-7-12(20)17-14-13(11)15(21)19-16(18-14)22-3/h4-6,11H,7H2,1-3H3,(H2,17,18,19,20,21)/t11-/m1/s1. The van der Waals surface area contributed by atoms with Crippen LogP contribution in [-0.2, 0) is 4.79 Å². The zero-order valence-corrected chi connectivity index (χ0v) is 13.5. The summed E-state index contributed by atoms with van der Waals surface area (Å²) >= 11 is 1.34. The number of fused-ring (bicyclic) bond motifs is 1. The number of rotatable bonds is 2. The van der Waals surface area contributed by atoms with Gasteiger partial charge in [0.2, 0.25) is 5.91 Å². The Hall–Kier alpha value is -2.08. The van der Waals surface area contributed by atoms with E-state index >= 15 is 0 Å². The average molecular weight is 315 g/mol. The molecule has 0 bridgehead atoms. The Morgan fingerprint density at radius 1 is 1.27 bits per heavy atom. The molecule has 114 valence electrons. The summed E-state index contributed by atoms with van der Waals surface area (Å²) in [4.78, 5) is 31.6. The molecule has 2 heterocycles. The van der Waals surface area contributed by atoms with Gasteiger partial charge in [0.25, 0.3) is 5.56 Å². The largest absolute Gasteiger partial charge is 0.310 e. The molecule has 22 heavy (non-hydrogen) atoms. The highest BCUT2D eigenvalue weighted by atomic mass is 32.2. The third-order valence-electron chi connectivity index (χ3n) is 3.93. The van der Waals surface area contributed by atoms with Crippen molar-refractivity contribution in [2.75, 3.05) is 11.6 Å². The summed E-state index contributed by atoms with van der Waals surface area (Å²) in [6.45, 7) is 4.00. The number of hydrogen-bond donors (Lipinski definition) is 2. The van der Waals surface area contributed by atoms with E-state index in [1.807, 2.05) is 38.3 Å². The van der Waals surface area contributed by atoms with E-state index in [-0.39, 0.29) is 23.8 Å². The second kappa shape index (κ2) is 5.61. The number of aromatic amines is 1. The van der Waals surface area contributed by atoms with Crippen molar-refractivity contribution in [3.05, 3.63) is 50.8 Å². The van der Waals surface area contributed by atoms with E-state index in [9.17, 15) is 9.59 Å². The van der Waals surface area contributed by atoms with Crippen molar-refractivity contribution in [3.63, 3.8) is 0 Å². The molecule has 1 aliphatic rings. The highest BCUT2D eigenvalue weighted by molar-refractivity contribution is 7.98. The predicted octanol–water partition coefficient (Wildman–Crippen LogP) is 2.58. The molecule has 0 saturated heterocycles. The number of aromatic nitrogens is 2. The fraction of sp³-hybridized carbons (Fsp3) is 0.312. The van der Waals surface area contributed by atoms with Gasteiger partial charge in [-0.25, -0.2) is 4.98 Å². The van der Waals surface area contributed by atoms with Gasteiger partial charge in [-0.2, -0.15) is 0 Å². The minimum Gasteiger partial charge on any atom is -0.310 e. The summed E-state index contributed by atoms with van der Waals surface area (Å²) in [5.41, 5.74) is 3.56. The predicted molar refractivity (Wildman–Crippen MR) is 87.6 cm³/mol. The summed E-state index contributed by atoms with van der Waals surface area (Å²) in [5.74, 6) is 0.0228. The van der Waals surface area contributed by atoms with E-state index in [1.54, 1.807) is 0 Å². The second-order valence-corrected chi connectivity index (χ2v) is 6.30. The first-order valence-electron chi connectivity index (χ1n) is 7.05. The van der Waals surface area contributed by atoms with Crippen LogP contribution in [0.25, 0.3) is 0 Å². The summed E-state index contributed by atoms with van der Waals surface area (Å²) in [6.07, 6.45) is 2.10. The number of carbonyl (C=O) groups excluding carboxylic acids is 1. The van der Waals surface area contributed by atoms with Crippen molar-refractivity contribution in [1.29, 1.82) is 0 Å². The summed E-state index contributed by atoms with van der Waals surface area (Å²) in [5, 5.41) is 3.23. The molecule has 0 radical (unpaired) electrons. The van der Waals surface area contributed by atoms with E-state index < -0.39 is 0 Å². The highest BCUT2D eigenvalue weighted by Gasteiger charge is 2.31. The summed E-state index contributed by atoms with van der Waals surface area (Å²) in [7, 11) is 0. The van der Waals surface area contributed by atoms with Crippen LogP contribution in [0, 0.1) is 13.8 Å². The number of H-pyrrole nitrogens is 1. The number of nitrogens with zero attached hydrogens (tertiary/aromatic N) is 1. The molecule has 5 nitrogen and oxygen atoms in total. The molecule has 1 aliphatic heterocycles. The average Bonchev–Trinajstić information content (AvgIpc) is 2.48. The van der Waals surface area contributed by atoms with Crippen LogP contribution in [0.1, 0.15) is 34.6 Å². The molecular weight excluding hydrogens is 298 g/mol. The van der Waals surface area contributed by atoms with Crippen LogP contribution in [0.15, 0.2) is 28.2 Å². The molecule has 0 spiro atoms. The van der Waals surface area contributed by atoms with Crippen LogP contribution < -0.4 is 10.9 Å². The maximum Gasteiger partial charge on any atom is 0.257 e. The first kappa shape index (κ1) is 14.8. The lowest BCUT2D eigenvalue weighted by atomic mass is 9.84. The molecule has 2 N–H and O–H groups in total. The molecule has 6 heteroatoms. The van der Waals surface area contributed by atoms with E-state index in [0.717, 1.165) is 16.7 Å². The number of hydrogen-bond acceptors (Lipinski definition) is 4. The SMILES string of the molecule is CSc1nc2c(c(=O)[nH]1)[C@@H](c1cc(C)ccc1C)CC(=O)N2. The Kier molecular flexibility index (Phi) is 3.78. The van der Waals surface area contributed by atoms with Gasteiger partial charge in [-0.15, -0.1) is 0 Å². The quantitative estimate of drug-likeness (QED) is 0.660. The van der Waals surface area contributed by atoms with Gasteiger partial charge in [0.15, 0.2) is 5.16 Å². The number of nitrogens with one attached hydrogen (secondary N) is 2. The van der Waals surface area contributed by atoms with Gasteiger partial charge in [0, 0.05) is 12.3 Å². The third kappa shape index (κ3) is 2.54. The maximum absolute atomic E-state index is 12.5. The first-order chi connectivity index (χ1) is 10.5. The van der Waals surface area contributed by atoms with E-state index in [2.05, 4.69) is 15.3 Å². The van der Waals surface area contributed by atoms with Gasteiger partial charge in [-0.05, 0) is 31.2 Å². The van der Waals surface area contributed by atoms with Gasteiger partial charge in [0.1, 0.15) is 5.82 Å². The van der Waals surface area contributed by atoms with Crippen molar-refractivity contribution >= 4 is 23.5 Å². The van der Waals surface area contributed by atoms with Crippen LogP contribution >= 0.6 is 11.8 Å². The molecule has 0 unspecified atom stereocenters. The van der Waals surface area contributed by atoms with Gasteiger partial charge in [0.05, 0.1) is 5.56 Å². The second-order valence-electron chi connectivity index (χ2n) is 5.50. The molecule has 1 amide bonds. The molecule has 1 atom stereocenters. The molecular formula is C16H17N3O2S. The zero-order valence-electron chi connectivity index (χ0n) is 12.7. The summed E-state index contributed by atoms with van der Waals surface area (Å²) in [6, 6.07) is 6.10. The smallest absolute Gasteiger partial charge is 0.257 e. The van der Waals surface area contributed by atoms with Crippen molar-refractivity contribution in [2.45, 2.75) is 31.3 Å². The van der Waals surface area contributed by atoms with Crippen LogP contribution in [0.4, 0.5) is 5.82 Å². The van der Waals surface area contributed by atoms with Gasteiger partial charge in [-0.3, -0.25) is 9.59 Å². The van der Waals surface area contributed by atoms with Crippen LogP contribution in [0.5, 0.6) is 0 Å². The minimum absolute atomic E-state index is 0.108. The topological polar surface area (TPSA) is 74.8 Å². The van der Waals surface area contributed by atoms with Crippen molar-refractivity contribution in [2.24, 2.45) is 0 Å². The minimum atomic E-state index is -0.254. The highest BCUT2D eigenvalue weighted by Crippen LogP contribution is 2.36. The normalized spacial score (nSPS) is 17.0. The maximum atomic E-state index is 12.5. The fourth-order valence-electron chi connectivity index (χ4n) is 2.85. The van der Waals surface area contributed by atoms with Crippen LogP contribution in [0.3, 0.4) is 0 Å². The zero-order chi connectivity index (χ0) is 15.9. The lowest BCUT2D eigenvalue weighted by Crippen LogP contribution is -2.31. The number of anilines is 1. The molecule has 0 fully saturated rings. The van der Waals surface area contributed by atoms with Gasteiger partial charge in [-0.1, -0.05) is 35.5 Å². The molecule has 2 aromatic rings. The number of thioether (sulfide) groups is 1. The van der Waals surface area contributed by atoms with E-state index in [1.165, 1.54) is 11.8 Å². The monoisotopic (exact) mass is 315 g/mol. The number of amides is 1. The fourth-order valence-corrected chi connectivity index (χ4v) is 3.23. The molecule has 0 aliphatic carbocycles. The Morgan fingerprint density at radius 3 is 2.77 bits per heavy atom. The lowest BCUT2D eigenvalue weighted by Gasteiger charge is -2.25. The third-order valence-corrected chi connectivity index (χ3v) is 4.51. The number of aryl methyl sites for hydroxylation is 2. The Bertz CT molecular complexity index is 814. The van der Waals surface area contributed by atoms with Crippen LogP contribution in [-0.4, -0.2) is 22.1 Å². The lowest BCUT2D eigenvalue weighted by molar-refractivity contribution is -0.116. The first-order valence-corrected chi connectivity index (χ1v) is 8.27. The Balaban J connectivity index is 2.22. The van der Waals surface area contributed by atoms with Crippen molar-refractivity contribution in [1.82, 2.24) is 9.97 Å². The van der Waals surface area contributed by atoms with Gasteiger partial charge < -0.3 is 10.3 Å². The number of carbonyl (C=O) groups is 1. The van der Waals surface area contributed by atoms with E-state index in [4.69, 9.17) is 0 Å². The Morgan fingerprint density at radius 2 is 2.05 bits per heavy atom. The molecule has 1 aromatic heterocycles. The molecule has 0 saturated carbocycles. The number of benzene rings is 1.